The number of nitrogens with zero attached hydrogens (tertiary/aromatic N) is 2. The van der Waals surface area contributed by atoms with Crippen molar-refractivity contribution in [3.8, 4) is 5.88 Å². The molecule has 1 aromatic heterocycles. The molecule has 0 aromatic carbocycles. The molecule has 3 atom stereocenters. The molecule has 1 aliphatic heterocycles. The van der Waals surface area contributed by atoms with Crippen LogP contribution < -0.4 is 4.74 Å². The van der Waals surface area contributed by atoms with E-state index in [1.165, 1.54) is 10.4 Å². The Balaban J connectivity index is 1.86. The van der Waals surface area contributed by atoms with E-state index < -0.39 is 27.6 Å². The zero-order valence-corrected chi connectivity index (χ0v) is 20.2. The normalized spacial score (nSPS) is 24.8. The van der Waals surface area contributed by atoms with Crippen molar-refractivity contribution in [3.05, 3.63) is 17.8 Å². The fourth-order valence-corrected chi connectivity index (χ4v) is 6.12. The highest BCUT2D eigenvalue weighted by Crippen LogP contribution is 2.35. The number of hydrogen-bond acceptors (Lipinski definition) is 7. The van der Waals surface area contributed by atoms with Crippen molar-refractivity contribution in [3.63, 3.8) is 0 Å². The van der Waals surface area contributed by atoms with Gasteiger partial charge in [-0.1, -0.05) is 0 Å². The summed E-state index contributed by atoms with van der Waals surface area (Å²) in [6.45, 7) is 7.30. The average molecular weight is 467 g/mol. The lowest BCUT2D eigenvalue weighted by atomic mass is 9.85. The number of ether oxygens (including phenoxy) is 2. The summed E-state index contributed by atoms with van der Waals surface area (Å²) in [5.74, 6) is -0.229. The number of aromatic nitrogens is 1. The lowest BCUT2D eigenvalue weighted by molar-refractivity contribution is -0.158. The van der Waals surface area contributed by atoms with Gasteiger partial charge in [0.2, 0.25) is 15.9 Å². The van der Waals surface area contributed by atoms with Gasteiger partial charge in [0, 0.05) is 18.7 Å². The Bertz CT molecular complexity index is 940. The molecule has 0 spiro atoms. The van der Waals surface area contributed by atoms with E-state index in [1.54, 1.807) is 33.8 Å². The summed E-state index contributed by atoms with van der Waals surface area (Å²) in [5.41, 5.74) is -0.0577. The van der Waals surface area contributed by atoms with E-state index >= 15 is 0 Å². The third kappa shape index (κ3) is 5.86. The topological polar surface area (TPSA) is 103 Å². The third-order valence-corrected chi connectivity index (χ3v) is 7.80. The summed E-state index contributed by atoms with van der Waals surface area (Å²) < 4.78 is 40.0. The van der Waals surface area contributed by atoms with Gasteiger partial charge in [0.25, 0.3) is 0 Å². The van der Waals surface area contributed by atoms with Gasteiger partial charge in [-0.05, 0) is 84.3 Å². The van der Waals surface area contributed by atoms with Crippen molar-refractivity contribution in [2.24, 2.45) is 5.92 Å². The van der Waals surface area contributed by atoms with Gasteiger partial charge in [-0.15, -0.1) is 0 Å². The molecule has 3 rings (SSSR count). The number of hydrogen-bond donors (Lipinski definition) is 0. The van der Waals surface area contributed by atoms with E-state index in [0.29, 0.717) is 31.4 Å². The molecule has 1 aliphatic carbocycles. The zero-order chi connectivity index (χ0) is 23.5. The number of carbonyl (C=O) groups is 2. The van der Waals surface area contributed by atoms with Crippen LogP contribution in [0.4, 0.5) is 0 Å². The van der Waals surface area contributed by atoms with E-state index in [2.05, 4.69) is 4.98 Å². The van der Waals surface area contributed by atoms with Gasteiger partial charge in [-0.25, -0.2) is 13.4 Å². The largest absolute Gasteiger partial charge is 0.473 e. The molecule has 0 N–H and O–H groups in total. The monoisotopic (exact) mass is 466 g/mol. The highest BCUT2D eigenvalue weighted by atomic mass is 32.2. The smallest absolute Gasteiger partial charge is 0.324 e. The summed E-state index contributed by atoms with van der Waals surface area (Å²) in [6, 6.07) is 2.28. The van der Waals surface area contributed by atoms with Gasteiger partial charge < -0.3 is 14.3 Å². The highest BCUT2D eigenvalue weighted by molar-refractivity contribution is 7.89. The SMILES string of the molecule is Cc1ccc(S(=O)(=O)N2CCC[C@H]2C(=O)OC(C)(C)C)c(O[C@@H]2CCC[C@H](CC=O)C2)n1. The first-order chi connectivity index (χ1) is 15.0. The number of rotatable bonds is 7. The van der Waals surface area contributed by atoms with Crippen molar-refractivity contribution in [2.45, 2.75) is 95.3 Å². The Hall–Kier alpha value is -2.00. The van der Waals surface area contributed by atoms with Crippen LogP contribution in [-0.2, 0) is 24.3 Å². The molecule has 8 nitrogen and oxygen atoms in total. The number of aryl methyl sites for hydroxylation is 1. The highest BCUT2D eigenvalue weighted by Gasteiger charge is 2.43. The predicted molar refractivity (Wildman–Crippen MR) is 119 cm³/mol. The molecule has 2 heterocycles. The standard InChI is InChI=1S/C23H34N2O6S/c1-16-10-11-20(21(24-16)30-18-8-5-7-17(15-18)12-14-26)32(28,29)25-13-6-9-19(25)22(27)31-23(2,3)4/h10-11,14,17-19H,5-9,12-13,15H2,1-4H3/t17-,18-,19+/m1/s1. The molecular weight excluding hydrogens is 432 g/mol. The Morgan fingerprint density at radius 3 is 2.66 bits per heavy atom. The number of carbonyl (C=O) groups excluding carboxylic acids is 2. The van der Waals surface area contributed by atoms with E-state index in [-0.39, 0.29) is 29.3 Å². The molecule has 2 aliphatic rings. The second-order valence-corrected chi connectivity index (χ2v) is 11.6. The fourth-order valence-electron chi connectivity index (χ4n) is 4.42. The Kier molecular flexibility index (Phi) is 7.60. The van der Waals surface area contributed by atoms with Gasteiger partial charge in [0.05, 0.1) is 0 Å². The summed E-state index contributed by atoms with van der Waals surface area (Å²) >= 11 is 0. The minimum Gasteiger partial charge on any atom is -0.473 e. The van der Waals surface area contributed by atoms with Crippen LogP contribution in [0, 0.1) is 12.8 Å². The summed E-state index contributed by atoms with van der Waals surface area (Å²) in [7, 11) is -4.02. The molecule has 1 saturated carbocycles. The molecule has 1 saturated heterocycles. The van der Waals surface area contributed by atoms with Crippen molar-refractivity contribution >= 4 is 22.3 Å². The number of aldehydes is 1. The van der Waals surface area contributed by atoms with Crippen LogP contribution in [0.1, 0.15) is 71.4 Å². The van der Waals surface area contributed by atoms with Crippen LogP contribution in [-0.4, -0.2) is 54.3 Å². The van der Waals surface area contributed by atoms with Crippen molar-refractivity contribution in [1.29, 1.82) is 0 Å². The van der Waals surface area contributed by atoms with Crippen LogP contribution in [0.5, 0.6) is 5.88 Å². The van der Waals surface area contributed by atoms with Crippen LogP contribution in [0.3, 0.4) is 0 Å². The van der Waals surface area contributed by atoms with Crippen LogP contribution in [0.25, 0.3) is 0 Å². The van der Waals surface area contributed by atoms with Crippen LogP contribution in [0.15, 0.2) is 17.0 Å². The first-order valence-corrected chi connectivity index (χ1v) is 12.8. The van der Waals surface area contributed by atoms with Gasteiger partial charge in [-0.3, -0.25) is 4.79 Å². The second kappa shape index (κ2) is 9.87. The summed E-state index contributed by atoms with van der Waals surface area (Å²) in [4.78, 5) is 28.0. The lowest BCUT2D eigenvalue weighted by Gasteiger charge is -2.30. The number of pyridine rings is 1. The molecule has 0 bridgehead atoms. The maximum absolute atomic E-state index is 13.6. The van der Waals surface area contributed by atoms with Crippen molar-refractivity contribution < 1.29 is 27.5 Å². The minimum atomic E-state index is -4.02. The van der Waals surface area contributed by atoms with E-state index in [9.17, 15) is 18.0 Å². The fraction of sp³-hybridized carbons (Fsp3) is 0.696. The Labute approximate surface area is 190 Å². The second-order valence-electron chi connectivity index (χ2n) is 9.74. The first kappa shape index (κ1) is 24.6. The molecular formula is C23H34N2O6S. The quantitative estimate of drug-likeness (QED) is 0.448. The average Bonchev–Trinajstić information content (AvgIpc) is 3.18. The van der Waals surface area contributed by atoms with Crippen LogP contribution >= 0.6 is 0 Å². The minimum absolute atomic E-state index is 0.0314. The van der Waals surface area contributed by atoms with Crippen LogP contribution in [0.2, 0.25) is 0 Å². The maximum atomic E-state index is 13.6. The summed E-state index contributed by atoms with van der Waals surface area (Å²) in [5, 5.41) is 0. The molecule has 178 valence electrons. The third-order valence-electron chi connectivity index (χ3n) is 5.88. The van der Waals surface area contributed by atoms with Gasteiger partial charge in [0.1, 0.15) is 28.9 Å². The van der Waals surface area contributed by atoms with Gasteiger partial charge in [0.15, 0.2) is 0 Å². The first-order valence-electron chi connectivity index (χ1n) is 11.3. The molecule has 2 fully saturated rings. The van der Waals surface area contributed by atoms with E-state index in [0.717, 1.165) is 25.5 Å². The Morgan fingerprint density at radius 2 is 1.97 bits per heavy atom. The molecule has 0 radical (unpaired) electrons. The molecule has 0 unspecified atom stereocenters. The molecule has 9 heteroatoms. The molecule has 32 heavy (non-hydrogen) atoms. The van der Waals surface area contributed by atoms with Gasteiger partial charge in [-0.2, -0.15) is 4.31 Å². The van der Waals surface area contributed by atoms with E-state index in [1.807, 2.05) is 0 Å². The summed E-state index contributed by atoms with van der Waals surface area (Å²) in [6.07, 6.45) is 5.58. The number of esters is 1. The molecule has 0 amide bonds. The molecule has 1 aromatic rings. The van der Waals surface area contributed by atoms with E-state index in [4.69, 9.17) is 9.47 Å². The van der Waals surface area contributed by atoms with Gasteiger partial charge >= 0.3 is 5.97 Å². The lowest BCUT2D eigenvalue weighted by Crippen LogP contribution is -2.43. The number of sulfonamides is 1. The predicted octanol–water partition coefficient (Wildman–Crippen LogP) is 3.41. The Morgan fingerprint density at radius 1 is 1.22 bits per heavy atom. The zero-order valence-electron chi connectivity index (χ0n) is 19.4. The maximum Gasteiger partial charge on any atom is 0.324 e. The van der Waals surface area contributed by atoms with Crippen molar-refractivity contribution in [1.82, 2.24) is 9.29 Å². The van der Waals surface area contributed by atoms with Crippen molar-refractivity contribution in [2.75, 3.05) is 6.54 Å².